The molecule has 0 radical (unpaired) electrons. The number of benzene rings is 1. The van der Waals surface area contributed by atoms with Gasteiger partial charge in [0.1, 0.15) is 11.6 Å². The van der Waals surface area contributed by atoms with E-state index < -0.39 is 10.6 Å². The predicted octanol–water partition coefficient (Wildman–Crippen LogP) is 4.88. The molecule has 1 fully saturated rings. The fourth-order valence-corrected chi connectivity index (χ4v) is 4.79. The number of fused-ring (bicyclic) bond motifs is 1. The molecule has 128 valence electrons. The van der Waals surface area contributed by atoms with Crippen molar-refractivity contribution in [2.24, 2.45) is 0 Å². The molecule has 1 N–H and O–H groups in total. The Kier molecular flexibility index (Phi) is 4.76. The van der Waals surface area contributed by atoms with Crippen LogP contribution in [0.5, 0.6) is 0 Å². The molecule has 0 spiro atoms. The molecule has 0 aliphatic heterocycles. The summed E-state index contributed by atoms with van der Waals surface area (Å²) in [6.07, 6.45) is 3.83. The van der Waals surface area contributed by atoms with E-state index in [9.17, 15) is 14.0 Å². The van der Waals surface area contributed by atoms with Crippen LogP contribution in [0.25, 0.3) is 10.9 Å². The Hall–Kier alpha value is -1.33. The van der Waals surface area contributed by atoms with Gasteiger partial charge in [-0.05, 0) is 38.3 Å². The van der Waals surface area contributed by atoms with Gasteiger partial charge >= 0.3 is 0 Å². The van der Waals surface area contributed by atoms with Gasteiger partial charge < -0.3 is 4.98 Å². The fraction of sp³-hybridized carbons (Fsp3) is 0.444. The number of nitrogens with one attached hydrogen (secondary N) is 1. The summed E-state index contributed by atoms with van der Waals surface area (Å²) in [5.41, 5.74) is 0.892. The van der Waals surface area contributed by atoms with Crippen LogP contribution in [0, 0.1) is 5.82 Å². The summed E-state index contributed by atoms with van der Waals surface area (Å²) in [7, 11) is 0. The molecular formula is C18H19ClFNO2S. The van der Waals surface area contributed by atoms with Crippen molar-refractivity contribution in [1.29, 1.82) is 0 Å². The van der Waals surface area contributed by atoms with Crippen LogP contribution in [0.15, 0.2) is 22.0 Å². The molecule has 2 aromatic rings. The lowest BCUT2D eigenvalue weighted by atomic mass is 9.89. The van der Waals surface area contributed by atoms with Crippen LogP contribution >= 0.6 is 23.4 Å². The molecular weight excluding hydrogens is 349 g/mol. The Morgan fingerprint density at radius 3 is 2.75 bits per heavy atom. The van der Waals surface area contributed by atoms with E-state index >= 15 is 0 Å². The third kappa shape index (κ3) is 3.00. The van der Waals surface area contributed by atoms with Crippen LogP contribution in [0.4, 0.5) is 4.39 Å². The van der Waals surface area contributed by atoms with Crippen LogP contribution in [0.1, 0.15) is 45.1 Å². The number of H-pyrrole nitrogens is 1. The molecule has 6 heteroatoms. The summed E-state index contributed by atoms with van der Waals surface area (Å²) in [5, 5.41) is 0.951. The van der Waals surface area contributed by atoms with Gasteiger partial charge in [0.2, 0.25) is 0 Å². The average molecular weight is 368 g/mol. The number of carbonyl (C=O) groups excluding carboxylic acids is 1. The molecule has 1 aliphatic rings. The number of hydrogen-bond acceptors (Lipinski definition) is 3. The molecule has 1 aromatic carbocycles. The molecule has 1 atom stereocenters. The molecule has 1 unspecified atom stereocenters. The van der Waals surface area contributed by atoms with Crippen molar-refractivity contribution in [3.8, 4) is 0 Å². The van der Waals surface area contributed by atoms with Gasteiger partial charge in [0.15, 0.2) is 5.43 Å². The maximum absolute atomic E-state index is 13.7. The monoisotopic (exact) mass is 367 g/mol. The highest BCUT2D eigenvalue weighted by atomic mass is 35.5. The van der Waals surface area contributed by atoms with Gasteiger partial charge in [0.05, 0.1) is 20.3 Å². The zero-order valence-electron chi connectivity index (χ0n) is 13.7. The number of halogens is 2. The largest absolute Gasteiger partial charge is 0.349 e. The first-order valence-electron chi connectivity index (χ1n) is 8.12. The second kappa shape index (κ2) is 6.52. The fourth-order valence-electron chi connectivity index (χ4n) is 3.19. The standard InChI is InChI=1S/C18H19ClFNO2S/c1-3-10-16(23)11-8-13(20)12(19)9-14(11)21-17(10)24-18(2)7-5-4-6-15(18)22/h8-9H,3-7H2,1-2H3,(H,21,23). The van der Waals surface area contributed by atoms with Gasteiger partial charge in [-0.2, -0.15) is 0 Å². The van der Waals surface area contributed by atoms with Crippen molar-refractivity contribution in [3.63, 3.8) is 0 Å². The van der Waals surface area contributed by atoms with Crippen molar-refractivity contribution in [2.75, 3.05) is 0 Å². The first kappa shape index (κ1) is 17.5. The number of aromatic amines is 1. The van der Waals surface area contributed by atoms with E-state index in [4.69, 9.17) is 11.6 Å². The van der Waals surface area contributed by atoms with Crippen LogP contribution < -0.4 is 5.43 Å². The number of carbonyl (C=O) groups is 1. The summed E-state index contributed by atoms with van der Waals surface area (Å²) in [6.45, 7) is 3.83. The Morgan fingerprint density at radius 1 is 1.33 bits per heavy atom. The van der Waals surface area contributed by atoms with E-state index in [-0.39, 0.29) is 16.2 Å². The van der Waals surface area contributed by atoms with E-state index in [0.29, 0.717) is 34.3 Å². The molecule has 1 aliphatic carbocycles. The number of hydrogen-bond donors (Lipinski definition) is 1. The maximum atomic E-state index is 13.7. The molecule has 0 saturated heterocycles. The Bertz CT molecular complexity index is 879. The summed E-state index contributed by atoms with van der Waals surface area (Å²) in [4.78, 5) is 28.3. The van der Waals surface area contributed by atoms with E-state index in [1.807, 2.05) is 13.8 Å². The van der Waals surface area contributed by atoms with Crippen molar-refractivity contribution in [1.82, 2.24) is 4.98 Å². The van der Waals surface area contributed by atoms with E-state index in [1.165, 1.54) is 23.9 Å². The molecule has 3 nitrogen and oxygen atoms in total. The summed E-state index contributed by atoms with van der Waals surface area (Å²) in [6, 6.07) is 2.61. The minimum Gasteiger partial charge on any atom is -0.349 e. The molecule has 1 saturated carbocycles. The SMILES string of the molecule is CCc1c(SC2(C)CCCCC2=O)[nH]c2cc(Cl)c(F)cc2c1=O. The zero-order valence-corrected chi connectivity index (χ0v) is 15.2. The van der Waals surface area contributed by atoms with Crippen molar-refractivity contribution in [2.45, 2.75) is 55.7 Å². The predicted molar refractivity (Wildman–Crippen MR) is 96.7 cm³/mol. The van der Waals surface area contributed by atoms with E-state index in [1.54, 1.807) is 0 Å². The highest BCUT2D eigenvalue weighted by Crippen LogP contribution is 2.42. The molecule has 1 aromatic heterocycles. The van der Waals surface area contributed by atoms with Gasteiger partial charge in [0, 0.05) is 17.4 Å². The normalized spacial score (nSPS) is 21.4. The lowest BCUT2D eigenvalue weighted by Crippen LogP contribution is -2.35. The summed E-state index contributed by atoms with van der Waals surface area (Å²) in [5.74, 6) is -0.384. The minimum atomic E-state index is -0.605. The first-order valence-corrected chi connectivity index (χ1v) is 9.31. The number of pyridine rings is 1. The molecule has 24 heavy (non-hydrogen) atoms. The van der Waals surface area contributed by atoms with Crippen molar-refractivity contribution in [3.05, 3.63) is 38.8 Å². The van der Waals surface area contributed by atoms with Crippen LogP contribution in [-0.2, 0) is 11.2 Å². The average Bonchev–Trinajstić information content (AvgIpc) is 2.53. The molecule has 0 bridgehead atoms. The van der Waals surface area contributed by atoms with Gasteiger partial charge in [0.25, 0.3) is 0 Å². The number of rotatable bonds is 3. The third-order valence-electron chi connectivity index (χ3n) is 4.68. The number of aromatic nitrogens is 1. The smallest absolute Gasteiger partial charge is 0.193 e. The van der Waals surface area contributed by atoms with Crippen LogP contribution in [0.3, 0.4) is 0 Å². The topological polar surface area (TPSA) is 49.9 Å². The third-order valence-corrected chi connectivity index (χ3v) is 6.40. The number of ketones is 1. The number of Topliss-reactive ketones (excluding diaryl/α,β-unsaturated/α-hetero) is 1. The van der Waals surface area contributed by atoms with Gasteiger partial charge in [-0.1, -0.05) is 36.7 Å². The van der Waals surface area contributed by atoms with Crippen LogP contribution in [0.2, 0.25) is 5.02 Å². The Labute approximate surface area is 149 Å². The van der Waals surface area contributed by atoms with E-state index in [0.717, 1.165) is 19.3 Å². The van der Waals surface area contributed by atoms with Gasteiger partial charge in [-0.3, -0.25) is 9.59 Å². The second-order valence-electron chi connectivity index (χ2n) is 6.39. The Balaban J connectivity index is 2.15. The highest BCUT2D eigenvalue weighted by molar-refractivity contribution is 8.01. The second-order valence-corrected chi connectivity index (χ2v) is 8.31. The summed E-state index contributed by atoms with van der Waals surface area (Å²) < 4.78 is 13.2. The maximum Gasteiger partial charge on any atom is 0.193 e. The molecule has 1 heterocycles. The van der Waals surface area contributed by atoms with Crippen molar-refractivity contribution >= 4 is 40.0 Å². The van der Waals surface area contributed by atoms with Crippen LogP contribution in [-0.4, -0.2) is 15.5 Å². The lowest BCUT2D eigenvalue weighted by molar-refractivity contribution is -0.122. The quantitative estimate of drug-likeness (QED) is 0.841. The van der Waals surface area contributed by atoms with Gasteiger partial charge in [-0.25, -0.2) is 4.39 Å². The number of thioether (sulfide) groups is 1. The Morgan fingerprint density at radius 2 is 2.08 bits per heavy atom. The first-order chi connectivity index (χ1) is 11.4. The summed E-state index contributed by atoms with van der Waals surface area (Å²) >= 11 is 7.27. The van der Waals surface area contributed by atoms with Gasteiger partial charge in [-0.15, -0.1) is 0 Å². The molecule has 0 amide bonds. The highest BCUT2D eigenvalue weighted by Gasteiger charge is 2.37. The lowest BCUT2D eigenvalue weighted by Gasteiger charge is -2.31. The van der Waals surface area contributed by atoms with E-state index in [2.05, 4.69) is 4.98 Å². The molecule has 3 rings (SSSR count). The van der Waals surface area contributed by atoms with Crippen molar-refractivity contribution < 1.29 is 9.18 Å². The zero-order chi connectivity index (χ0) is 17.5. The minimum absolute atomic E-state index is 0.0293.